The third kappa shape index (κ3) is 2.51. The lowest BCUT2D eigenvalue weighted by atomic mass is 9.90. The zero-order chi connectivity index (χ0) is 19.3. The van der Waals surface area contributed by atoms with E-state index in [1.54, 1.807) is 0 Å². The van der Waals surface area contributed by atoms with Gasteiger partial charge in [-0.25, -0.2) is 0 Å². The Labute approximate surface area is 161 Å². The zero-order valence-electron chi connectivity index (χ0n) is 15.4. The van der Waals surface area contributed by atoms with E-state index in [9.17, 15) is 9.90 Å². The number of fused-ring (bicyclic) bond motifs is 1. The first kappa shape index (κ1) is 16.7. The minimum atomic E-state index is -0.875. The van der Waals surface area contributed by atoms with Gasteiger partial charge in [0, 0.05) is 34.6 Å². The van der Waals surface area contributed by atoms with Gasteiger partial charge in [-0.05, 0) is 47.9 Å². The molecule has 0 bridgehead atoms. The highest BCUT2D eigenvalue weighted by Gasteiger charge is 2.22. The summed E-state index contributed by atoms with van der Waals surface area (Å²) in [6.07, 6.45) is 2.58. The summed E-state index contributed by atoms with van der Waals surface area (Å²) < 4.78 is 5.85. The van der Waals surface area contributed by atoms with Crippen molar-refractivity contribution in [3.8, 4) is 16.9 Å². The van der Waals surface area contributed by atoms with Crippen molar-refractivity contribution in [2.75, 3.05) is 6.61 Å². The molecule has 5 nitrogen and oxygen atoms in total. The summed E-state index contributed by atoms with van der Waals surface area (Å²) in [4.78, 5) is 20.9. The number of ether oxygens (including phenoxy) is 1. The number of aromatic nitrogens is 2. The number of hydrogen-bond donors (Lipinski definition) is 1. The molecule has 1 N–H and O–H groups in total. The number of para-hydroxylation sites is 1. The summed E-state index contributed by atoms with van der Waals surface area (Å²) in [5.74, 6) is -0.0385. The van der Waals surface area contributed by atoms with Crippen LogP contribution in [0.4, 0.5) is 0 Å². The Morgan fingerprint density at radius 3 is 2.89 bits per heavy atom. The summed E-state index contributed by atoms with van der Waals surface area (Å²) >= 11 is 0. The van der Waals surface area contributed by atoms with Crippen LogP contribution in [0.25, 0.3) is 32.9 Å². The van der Waals surface area contributed by atoms with Gasteiger partial charge in [-0.1, -0.05) is 18.2 Å². The van der Waals surface area contributed by atoms with Crippen LogP contribution in [0.5, 0.6) is 5.75 Å². The van der Waals surface area contributed by atoms with Crippen molar-refractivity contribution in [1.29, 1.82) is 0 Å². The number of rotatable bonds is 3. The number of nitrogens with zero attached hydrogens (tertiary/aromatic N) is 2. The summed E-state index contributed by atoms with van der Waals surface area (Å²) in [6, 6.07) is 13.8. The fourth-order valence-electron chi connectivity index (χ4n) is 4.15. The molecule has 5 heteroatoms. The van der Waals surface area contributed by atoms with E-state index < -0.39 is 5.97 Å². The molecule has 2 aromatic heterocycles. The molecule has 3 heterocycles. The number of hydrogen-bond acceptors (Lipinski definition) is 4. The van der Waals surface area contributed by atoms with E-state index in [0.717, 1.165) is 56.4 Å². The number of aliphatic carboxylic acids is 1. The molecule has 0 unspecified atom stereocenters. The van der Waals surface area contributed by atoms with E-state index in [2.05, 4.69) is 9.97 Å². The van der Waals surface area contributed by atoms with Gasteiger partial charge in [0.2, 0.25) is 0 Å². The number of pyridine rings is 2. The molecule has 1 aliphatic heterocycles. The van der Waals surface area contributed by atoms with Crippen molar-refractivity contribution in [1.82, 2.24) is 9.97 Å². The third-order valence-electron chi connectivity index (χ3n) is 5.37. The van der Waals surface area contributed by atoms with E-state index in [1.165, 1.54) is 5.56 Å². The molecule has 0 spiro atoms. The quantitative estimate of drug-likeness (QED) is 0.581. The van der Waals surface area contributed by atoms with Crippen molar-refractivity contribution in [2.45, 2.75) is 19.8 Å². The highest BCUT2D eigenvalue weighted by atomic mass is 16.5. The average Bonchev–Trinajstić information content (AvgIpc) is 2.70. The maximum Gasteiger partial charge on any atom is 0.307 e. The topological polar surface area (TPSA) is 72.3 Å². The smallest absolute Gasteiger partial charge is 0.307 e. The van der Waals surface area contributed by atoms with E-state index in [0.29, 0.717) is 6.61 Å². The normalized spacial score (nSPS) is 12.9. The van der Waals surface area contributed by atoms with Crippen LogP contribution in [0.15, 0.2) is 48.7 Å². The summed E-state index contributed by atoms with van der Waals surface area (Å²) in [6.45, 7) is 2.53. The standard InChI is InChI=1S/C23H18N2O3/c1-13-17(12-20(26)27)22(15-4-2-3-5-18(15)25-13)16-6-7-19-21-14(9-11-28-19)8-10-24-23(16)21/h2-8,10H,9,11-12H2,1H3,(H,26,27). The van der Waals surface area contributed by atoms with Crippen molar-refractivity contribution in [3.63, 3.8) is 0 Å². The van der Waals surface area contributed by atoms with Crippen LogP contribution in [0.2, 0.25) is 0 Å². The Kier molecular flexibility index (Phi) is 3.76. The first-order valence-corrected chi connectivity index (χ1v) is 9.27. The number of benzene rings is 2. The van der Waals surface area contributed by atoms with Crippen LogP contribution in [0.3, 0.4) is 0 Å². The molecule has 0 atom stereocenters. The van der Waals surface area contributed by atoms with Gasteiger partial charge in [0.1, 0.15) is 5.75 Å². The van der Waals surface area contributed by atoms with Gasteiger partial charge in [0.05, 0.1) is 24.1 Å². The molecule has 0 amide bonds. The molecular formula is C23H18N2O3. The van der Waals surface area contributed by atoms with E-state index in [-0.39, 0.29) is 6.42 Å². The lowest BCUT2D eigenvalue weighted by molar-refractivity contribution is -0.136. The second-order valence-electron chi connectivity index (χ2n) is 7.04. The molecule has 28 heavy (non-hydrogen) atoms. The second-order valence-corrected chi connectivity index (χ2v) is 7.04. The van der Waals surface area contributed by atoms with Crippen LogP contribution in [-0.4, -0.2) is 27.7 Å². The third-order valence-corrected chi connectivity index (χ3v) is 5.37. The molecule has 2 aromatic carbocycles. The van der Waals surface area contributed by atoms with Crippen molar-refractivity contribution in [3.05, 3.63) is 65.5 Å². The Hall–Kier alpha value is -3.47. The first-order chi connectivity index (χ1) is 13.6. The Morgan fingerprint density at radius 2 is 2.04 bits per heavy atom. The van der Waals surface area contributed by atoms with Gasteiger partial charge in [-0.3, -0.25) is 14.8 Å². The molecule has 0 fully saturated rings. The van der Waals surface area contributed by atoms with Crippen LogP contribution < -0.4 is 4.74 Å². The molecule has 0 aliphatic carbocycles. The molecule has 0 saturated carbocycles. The minimum absolute atomic E-state index is 0.0849. The van der Waals surface area contributed by atoms with Crippen molar-refractivity contribution < 1.29 is 14.6 Å². The molecule has 138 valence electrons. The fourth-order valence-corrected chi connectivity index (χ4v) is 4.15. The Bertz CT molecular complexity index is 1250. The zero-order valence-corrected chi connectivity index (χ0v) is 15.4. The number of carbonyl (C=O) groups is 1. The van der Waals surface area contributed by atoms with Crippen LogP contribution >= 0.6 is 0 Å². The second kappa shape index (κ2) is 6.30. The minimum Gasteiger partial charge on any atom is -0.493 e. The first-order valence-electron chi connectivity index (χ1n) is 9.27. The predicted octanol–water partition coefficient (Wildman–Crippen LogP) is 4.32. The molecule has 0 saturated heterocycles. The lowest BCUT2D eigenvalue weighted by Crippen LogP contribution is -2.10. The van der Waals surface area contributed by atoms with Crippen LogP contribution in [-0.2, 0) is 17.6 Å². The lowest BCUT2D eigenvalue weighted by Gasteiger charge is -2.21. The molecule has 1 aliphatic rings. The predicted molar refractivity (Wildman–Crippen MR) is 108 cm³/mol. The van der Waals surface area contributed by atoms with Crippen LogP contribution in [0, 0.1) is 6.92 Å². The molecule has 0 radical (unpaired) electrons. The van der Waals surface area contributed by atoms with Crippen molar-refractivity contribution >= 4 is 27.8 Å². The van der Waals surface area contributed by atoms with Gasteiger partial charge < -0.3 is 9.84 Å². The SMILES string of the molecule is Cc1nc2ccccc2c(-c2ccc3c4c(ccnc24)CCO3)c1CC(=O)O. The molecule has 4 aromatic rings. The van der Waals surface area contributed by atoms with Gasteiger partial charge in [0.25, 0.3) is 0 Å². The number of aryl methyl sites for hydroxylation is 1. The van der Waals surface area contributed by atoms with Gasteiger partial charge in [-0.2, -0.15) is 0 Å². The Balaban J connectivity index is 1.92. The maximum absolute atomic E-state index is 11.6. The largest absolute Gasteiger partial charge is 0.493 e. The summed E-state index contributed by atoms with van der Waals surface area (Å²) in [5, 5.41) is 11.5. The van der Waals surface area contributed by atoms with E-state index in [4.69, 9.17) is 4.74 Å². The van der Waals surface area contributed by atoms with Gasteiger partial charge in [0.15, 0.2) is 0 Å². The van der Waals surface area contributed by atoms with Crippen LogP contribution in [0.1, 0.15) is 16.8 Å². The molecule has 5 rings (SSSR count). The monoisotopic (exact) mass is 370 g/mol. The number of carboxylic acid groups (broad SMARTS) is 1. The highest BCUT2D eigenvalue weighted by molar-refractivity contribution is 6.07. The molecular weight excluding hydrogens is 352 g/mol. The highest BCUT2D eigenvalue weighted by Crippen LogP contribution is 2.41. The van der Waals surface area contributed by atoms with E-state index in [1.807, 2.05) is 55.6 Å². The summed E-state index contributed by atoms with van der Waals surface area (Å²) in [7, 11) is 0. The van der Waals surface area contributed by atoms with Crippen molar-refractivity contribution in [2.24, 2.45) is 0 Å². The summed E-state index contributed by atoms with van der Waals surface area (Å²) in [5.41, 5.74) is 6.18. The maximum atomic E-state index is 11.6. The Morgan fingerprint density at radius 1 is 1.18 bits per heavy atom. The fraction of sp³-hybridized carbons (Fsp3) is 0.174. The average molecular weight is 370 g/mol. The van der Waals surface area contributed by atoms with Gasteiger partial charge >= 0.3 is 5.97 Å². The number of carboxylic acids is 1. The van der Waals surface area contributed by atoms with E-state index >= 15 is 0 Å². The van der Waals surface area contributed by atoms with Gasteiger partial charge in [-0.15, -0.1) is 0 Å².